The number of nitrogens with one attached hydrogen (secondary N) is 1. The van der Waals surface area contributed by atoms with E-state index >= 15 is 0 Å². The van der Waals surface area contributed by atoms with E-state index in [4.69, 9.17) is 0 Å². The summed E-state index contributed by atoms with van der Waals surface area (Å²) in [5.41, 5.74) is 3.34. The molecule has 1 unspecified atom stereocenters. The number of aromatic nitrogens is 2. The first kappa shape index (κ1) is 26.1. The Bertz CT molecular complexity index is 1710. The number of piperidine rings is 1. The summed E-state index contributed by atoms with van der Waals surface area (Å²) in [6.07, 6.45) is 5.50. The highest BCUT2D eigenvalue weighted by molar-refractivity contribution is 7.13. The topological polar surface area (TPSA) is 67.2 Å². The van der Waals surface area contributed by atoms with Crippen molar-refractivity contribution in [2.75, 3.05) is 25.5 Å². The Balaban J connectivity index is 1.37. The van der Waals surface area contributed by atoms with Gasteiger partial charge in [-0.2, -0.15) is 0 Å². The smallest absolute Gasteiger partial charge is 0.259 e. The van der Waals surface area contributed by atoms with Crippen LogP contribution >= 0.6 is 11.3 Å². The Kier molecular flexibility index (Phi) is 7.28. The molecule has 1 N–H and O–H groups in total. The summed E-state index contributed by atoms with van der Waals surface area (Å²) in [6.45, 7) is 2.23. The summed E-state index contributed by atoms with van der Waals surface area (Å²) < 4.78 is 15.6. The molecule has 6 rings (SSSR count). The second-order valence-corrected chi connectivity index (χ2v) is 11.2. The standard InChI is InChI=1S/C32H29FN4O2S/c1-36-15-11-23(12-16-36)21-5-7-22(8-6-21)25-10-9-24-13-17-37(31(39)28(24)20-25)29(26-3-2-4-27(33)19-26)30(38)35-32-34-14-18-40-32/h2-10,13-14,17-20,23,29H,11-12,15-16H2,1H3,(H,34,35,38). The van der Waals surface area contributed by atoms with Crippen molar-refractivity contribution in [1.82, 2.24) is 14.5 Å². The molecule has 1 aliphatic heterocycles. The van der Waals surface area contributed by atoms with E-state index in [1.165, 1.54) is 39.7 Å². The Hall–Kier alpha value is -4.14. The Morgan fingerprint density at radius 2 is 1.80 bits per heavy atom. The van der Waals surface area contributed by atoms with Gasteiger partial charge in [0, 0.05) is 23.2 Å². The van der Waals surface area contributed by atoms with Gasteiger partial charge < -0.3 is 4.90 Å². The van der Waals surface area contributed by atoms with Crippen LogP contribution in [0.5, 0.6) is 0 Å². The van der Waals surface area contributed by atoms with E-state index in [1.807, 2.05) is 24.3 Å². The number of nitrogens with zero attached hydrogens (tertiary/aromatic N) is 3. The second-order valence-electron chi connectivity index (χ2n) is 10.3. The molecule has 1 saturated heterocycles. The van der Waals surface area contributed by atoms with Gasteiger partial charge in [0.2, 0.25) is 0 Å². The summed E-state index contributed by atoms with van der Waals surface area (Å²) in [6, 6.07) is 21.0. The van der Waals surface area contributed by atoms with Gasteiger partial charge in [0.1, 0.15) is 11.9 Å². The van der Waals surface area contributed by atoms with E-state index < -0.39 is 17.8 Å². The number of likely N-dealkylation sites (tertiary alicyclic amines) is 1. The number of benzene rings is 3. The van der Waals surface area contributed by atoms with E-state index in [0.29, 0.717) is 22.0 Å². The Morgan fingerprint density at radius 1 is 1.02 bits per heavy atom. The summed E-state index contributed by atoms with van der Waals surface area (Å²) in [5, 5.41) is 6.18. The molecule has 0 spiro atoms. The number of carbonyl (C=O) groups is 1. The predicted molar refractivity (Wildman–Crippen MR) is 158 cm³/mol. The van der Waals surface area contributed by atoms with Crippen molar-refractivity contribution >= 4 is 33.1 Å². The van der Waals surface area contributed by atoms with Crippen molar-refractivity contribution < 1.29 is 9.18 Å². The highest BCUT2D eigenvalue weighted by Gasteiger charge is 2.26. The molecule has 202 valence electrons. The predicted octanol–water partition coefficient (Wildman–Crippen LogP) is 6.30. The van der Waals surface area contributed by atoms with Crippen LogP contribution in [0.25, 0.3) is 21.9 Å². The Morgan fingerprint density at radius 3 is 2.52 bits per heavy atom. The summed E-state index contributed by atoms with van der Waals surface area (Å²) in [5.74, 6) is -0.378. The molecule has 1 atom stereocenters. The van der Waals surface area contributed by atoms with Crippen LogP contribution in [0.15, 0.2) is 95.4 Å². The number of carbonyl (C=O) groups excluding carboxylic acids is 1. The van der Waals surface area contributed by atoms with E-state index in [9.17, 15) is 14.0 Å². The first-order valence-corrected chi connectivity index (χ1v) is 14.2. The molecule has 3 aromatic carbocycles. The van der Waals surface area contributed by atoms with Gasteiger partial charge in [0.05, 0.1) is 0 Å². The third-order valence-electron chi connectivity index (χ3n) is 7.72. The monoisotopic (exact) mass is 552 g/mol. The van der Waals surface area contributed by atoms with Crippen LogP contribution in [0.2, 0.25) is 0 Å². The van der Waals surface area contributed by atoms with Crippen LogP contribution in [0.1, 0.15) is 35.9 Å². The first-order chi connectivity index (χ1) is 19.5. The number of amides is 1. The molecule has 0 aliphatic carbocycles. The molecule has 40 heavy (non-hydrogen) atoms. The summed E-state index contributed by atoms with van der Waals surface area (Å²) in [4.78, 5) is 33.8. The fraction of sp³-hybridized carbons (Fsp3) is 0.219. The fourth-order valence-corrected chi connectivity index (χ4v) is 6.03. The van der Waals surface area contributed by atoms with Crippen molar-refractivity contribution in [3.63, 3.8) is 0 Å². The maximum absolute atomic E-state index is 14.2. The zero-order valence-electron chi connectivity index (χ0n) is 22.1. The molecule has 0 saturated carbocycles. The zero-order chi connectivity index (χ0) is 27.6. The van der Waals surface area contributed by atoms with Crippen LogP contribution < -0.4 is 10.9 Å². The molecule has 1 amide bonds. The van der Waals surface area contributed by atoms with Gasteiger partial charge >= 0.3 is 0 Å². The first-order valence-electron chi connectivity index (χ1n) is 13.4. The number of anilines is 1. The molecule has 1 aliphatic rings. The minimum atomic E-state index is -1.08. The van der Waals surface area contributed by atoms with Crippen LogP contribution in [0.4, 0.5) is 9.52 Å². The number of thiazole rings is 1. The van der Waals surface area contributed by atoms with Crippen molar-refractivity contribution in [3.05, 3.63) is 118 Å². The van der Waals surface area contributed by atoms with Crippen LogP contribution in [-0.4, -0.2) is 40.5 Å². The van der Waals surface area contributed by atoms with Crippen LogP contribution in [0, 0.1) is 5.82 Å². The number of fused-ring (bicyclic) bond motifs is 1. The minimum absolute atomic E-state index is 0.328. The lowest BCUT2D eigenvalue weighted by Gasteiger charge is -2.29. The highest BCUT2D eigenvalue weighted by Crippen LogP contribution is 2.30. The van der Waals surface area contributed by atoms with Gasteiger partial charge in [0.15, 0.2) is 5.13 Å². The summed E-state index contributed by atoms with van der Waals surface area (Å²) >= 11 is 1.27. The third kappa shape index (κ3) is 5.33. The number of pyridine rings is 1. The molecule has 8 heteroatoms. The molecule has 5 aromatic rings. The van der Waals surface area contributed by atoms with Gasteiger partial charge in [0.25, 0.3) is 11.5 Å². The second kappa shape index (κ2) is 11.2. The molecular formula is C32H29FN4O2S. The maximum Gasteiger partial charge on any atom is 0.259 e. The number of hydrogen-bond acceptors (Lipinski definition) is 5. The SMILES string of the molecule is CN1CCC(c2ccc(-c3ccc4ccn(C(C(=O)Nc5nccs5)c5cccc(F)c5)c(=O)c4c3)cc2)CC1. The number of rotatable bonds is 6. The molecule has 6 nitrogen and oxygen atoms in total. The van der Waals surface area contributed by atoms with Gasteiger partial charge in [-0.3, -0.25) is 19.5 Å². The van der Waals surface area contributed by atoms with Crippen molar-refractivity contribution in [1.29, 1.82) is 0 Å². The van der Waals surface area contributed by atoms with Crippen LogP contribution in [-0.2, 0) is 4.79 Å². The van der Waals surface area contributed by atoms with Crippen LogP contribution in [0.3, 0.4) is 0 Å². The quantitative estimate of drug-likeness (QED) is 0.268. The molecule has 3 heterocycles. The number of hydrogen-bond donors (Lipinski definition) is 1. The fourth-order valence-electron chi connectivity index (χ4n) is 5.50. The maximum atomic E-state index is 14.2. The van der Waals surface area contributed by atoms with Gasteiger partial charge in [-0.25, -0.2) is 9.37 Å². The van der Waals surface area contributed by atoms with E-state index in [0.717, 1.165) is 42.4 Å². The molecule has 0 radical (unpaired) electrons. The minimum Gasteiger partial charge on any atom is -0.306 e. The molecular weight excluding hydrogens is 523 g/mol. The highest BCUT2D eigenvalue weighted by atomic mass is 32.1. The molecule has 2 aromatic heterocycles. The Labute approximate surface area is 235 Å². The van der Waals surface area contributed by atoms with Gasteiger partial charge in [-0.05, 0) is 90.8 Å². The lowest BCUT2D eigenvalue weighted by atomic mass is 9.88. The zero-order valence-corrected chi connectivity index (χ0v) is 22.9. The third-order valence-corrected chi connectivity index (χ3v) is 8.41. The van der Waals surface area contributed by atoms with Crippen molar-refractivity contribution in [3.8, 4) is 11.1 Å². The van der Waals surface area contributed by atoms with Gasteiger partial charge in [-0.15, -0.1) is 11.3 Å². The summed E-state index contributed by atoms with van der Waals surface area (Å²) in [7, 11) is 2.17. The van der Waals surface area contributed by atoms with Gasteiger partial charge in [-0.1, -0.05) is 48.5 Å². The average molecular weight is 553 g/mol. The van der Waals surface area contributed by atoms with Crippen molar-refractivity contribution in [2.24, 2.45) is 0 Å². The number of halogens is 1. The van der Waals surface area contributed by atoms with E-state index in [2.05, 4.69) is 46.5 Å². The lowest BCUT2D eigenvalue weighted by molar-refractivity contribution is -0.118. The van der Waals surface area contributed by atoms with Crippen molar-refractivity contribution in [2.45, 2.75) is 24.8 Å². The normalized spacial score (nSPS) is 15.2. The lowest BCUT2D eigenvalue weighted by Crippen LogP contribution is -2.34. The largest absolute Gasteiger partial charge is 0.306 e. The molecule has 0 bridgehead atoms. The average Bonchev–Trinajstić information content (AvgIpc) is 3.48. The molecule has 1 fully saturated rings. The van der Waals surface area contributed by atoms with E-state index in [1.54, 1.807) is 23.8 Å². The van der Waals surface area contributed by atoms with E-state index in [-0.39, 0.29) is 5.56 Å².